The Labute approximate surface area is 404 Å². The van der Waals surface area contributed by atoms with Crippen LogP contribution in [-0.2, 0) is 23.7 Å². The molecule has 0 aliphatic carbocycles. The quantitative estimate of drug-likeness (QED) is 0.0267. The van der Waals surface area contributed by atoms with E-state index in [-0.39, 0.29) is 19.2 Å². The number of carbonyl (C=O) groups is 1. The van der Waals surface area contributed by atoms with Gasteiger partial charge in [-0.25, -0.2) is 0 Å². The molecule has 4 N–H and O–H groups in total. The summed E-state index contributed by atoms with van der Waals surface area (Å²) in [7, 11) is 0. The molecule has 382 valence electrons. The van der Waals surface area contributed by atoms with E-state index in [0.717, 1.165) is 70.6 Å². The van der Waals surface area contributed by atoms with Crippen LogP contribution >= 0.6 is 0 Å². The molecule has 1 fully saturated rings. The zero-order valence-corrected chi connectivity index (χ0v) is 42.2. The average Bonchev–Trinajstić information content (AvgIpc) is 3.32. The van der Waals surface area contributed by atoms with Crippen LogP contribution < -0.4 is 0 Å². The Morgan fingerprint density at radius 1 is 0.500 bits per heavy atom. The van der Waals surface area contributed by atoms with Gasteiger partial charge in [0.2, 0.25) is 0 Å². The van der Waals surface area contributed by atoms with Crippen LogP contribution in [0.5, 0.6) is 0 Å². The smallest absolute Gasteiger partial charge is 0.306 e. The number of rotatable bonds is 46. The van der Waals surface area contributed by atoms with Crippen molar-refractivity contribution in [2.45, 2.75) is 256 Å². The lowest BCUT2D eigenvalue weighted by Crippen LogP contribution is -2.59. The van der Waals surface area contributed by atoms with Crippen LogP contribution in [0.4, 0.5) is 0 Å². The van der Waals surface area contributed by atoms with Gasteiger partial charge in [0, 0.05) is 13.0 Å². The van der Waals surface area contributed by atoms with E-state index in [2.05, 4.69) is 86.8 Å². The van der Waals surface area contributed by atoms with E-state index < -0.39 is 43.4 Å². The monoisotopic (exact) mass is 929 g/mol. The second-order valence-corrected chi connectivity index (χ2v) is 18.3. The van der Waals surface area contributed by atoms with Crippen molar-refractivity contribution in [3.05, 3.63) is 72.9 Å². The molecular weight excluding hydrogens is 829 g/mol. The molecule has 0 saturated carbocycles. The van der Waals surface area contributed by atoms with Crippen molar-refractivity contribution in [1.82, 2.24) is 0 Å². The van der Waals surface area contributed by atoms with Crippen molar-refractivity contribution in [3.8, 4) is 0 Å². The Morgan fingerprint density at radius 3 is 1.39 bits per heavy atom. The SMILES string of the molecule is CC/C=C\C/C=C\C/C=C\C/C=C\CCCCCCCCCCC(=O)OC(COCCCCCCCCCCCC/C=C\C/C=C\CCCCCCC)COC1OC(CO)C(O)C(O)C1O. The highest BCUT2D eigenvalue weighted by Crippen LogP contribution is 2.23. The molecule has 0 bridgehead atoms. The molecule has 6 unspecified atom stereocenters. The molecular formula is C57H100O9. The van der Waals surface area contributed by atoms with Crippen LogP contribution in [0, 0.1) is 0 Å². The second kappa shape index (κ2) is 47.7. The number of hydrogen-bond donors (Lipinski definition) is 4. The molecule has 9 nitrogen and oxygen atoms in total. The van der Waals surface area contributed by atoms with Crippen LogP contribution in [0.25, 0.3) is 0 Å². The third-order valence-corrected chi connectivity index (χ3v) is 12.1. The van der Waals surface area contributed by atoms with Crippen molar-refractivity contribution < 1.29 is 44.2 Å². The highest BCUT2D eigenvalue weighted by Gasteiger charge is 2.44. The molecule has 0 radical (unpaired) electrons. The third-order valence-electron chi connectivity index (χ3n) is 12.1. The summed E-state index contributed by atoms with van der Waals surface area (Å²) in [5.41, 5.74) is 0. The van der Waals surface area contributed by atoms with Crippen LogP contribution in [0.1, 0.15) is 219 Å². The van der Waals surface area contributed by atoms with Gasteiger partial charge in [-0.15, -0.1) is 0 Å². The summed E-state index contributed by atoms with van der Waals surface area (Å²) in [4.78, 5) is 12.9. The molecule has 1 rings (SSSR count). The minimum Gasteiger partial charge on any atom is -0.457 e. The first kappa shape index (κ1) is 61.6. The molecule has 0 aromatic heterocycles. The van der Waals surface area contributed by atoms with E-state index in [1.54, 1.807) is 0 Å². The van der Waals surface area contributed by atoms with Crippen LogP contribution in [0.3, 0.4) is 0 Å². The van der Waals surface area contributed by atoms with Gasteiger partial charge in [-0.3, -0.25) is 4.79 Å². The third kappa shape index (κ3) is 37.6. The van der Waals surface area contributed by atoms with E-state index in [0.29, 0.717) is 13.0 Å². The first-order valence-electron chi connectivity index (χ1n) is 27.0. The second-order valence-electron chi connectivity index (χ2n) is 18.3. The molecule has 1 aliphatic heterocycles. The minimum absolute atomic E-state index is 0.121. The fourth-order valence-electron chi connectivity index (χ4n) is 7.93. The summed E-state index contributed by atoms with van der Waals surface area (Å²) in [6.45, 7) is 4.43. The van der Waals surface area contributed by atoms with Gasteiger partial charge < -0.3 is 39.4 Å². The summed E-state index contributed by atoms with van der Waals surface area (Å²) in [5, 5.41) is 40.3. The number of ether oxygens (including phenoxy) is 4. The summed E-state index contributed by atoms with van der Waals surface area (Å²) in [6.07, 6.45) is 56.5. The number of carbonyl (C=O) groups excluding carboxylic acids is 1. The maximum absolute atomic E-state index is 12.9. The highest BCUT2D eigenvalue weighted by molar-refractivity contribution is 5.69. The average molecular weight is 929 g/mol. The topological polar surface area (TPSA) is 135 Å². The number of unbranched alkanes of at least 4 members (excludes halogenated alkanes) is 23. The zero-order chi connectivity index (χ0) is 47.8. The van der Waals surface area contributed by atoms with E-state index in [9.17, 15) is 25.2 Å². The maximum Gasteiger partial charge on any atom is 0.306 e. The lowest BCUT2D eigenvalue weighted by atomic mass is 9.99. The van der Waals surface area contributed by atoms with Gasteiger partial charge >= 0.3 is 5.97 Å². The number of hydrogen-bond acceptors (Lipinski definition) is 9. The van der Waals surface area contributed by atoms with Crippen molar-refractivity contribution in [3.63, 3.8) is 0 Å². The molecule has 1 heterocycles. The van der Waals surface area contributed by atoms with Gasteiger partial charge in [0.15, 0.2) is 6.29 Å². The molecule has 0 aromatic carbocycles. The van der Waals surface area contributed by atoms with Gasteiger partial charge in [-0.2, -0.15) is 0 Å². The molecule has 0 amide bonds. The van der Waals surface area contributed by atoms with Crippen molar-refractivity contribution in [2.24, 2.45) is 0 Å². The summed E-state index contributed by atoms with van der Waals surface area (Å²) in [5.74, 6) is -0.323. The summed E-state index contributed by atoms with van der Waals surface area (Å²) >= 11 is 0. The standard InChI is InChI=1S/C57H100O9/c1-3-5-7-9-11-13-15-17-19-21-23-25-27-29-31-33-35-37-39-41-43-45-47-63-49-51(50-64-57-56(62)55(61)54(60)52(48-58)66-57)65-53(59)46-44-42-40-38-36-34-32-30-28-26-24-22-20-18-16-14-12-10-8-6-4-2/h6,8,12,14-15,17-18,20-21,23-24,26,51-52,54-58,60-62H,3-5,7,9-11,13,16,19,22,25,27-50H2,1-2H3/b8-6-,14-12-,17-15-,20-18-,23-21-,26-24-. The van der Waals surface area contributed by atoms with Gasteiger partial charge in [0.1, 0.15) is 30.5 Å². The predicted molar refractivity (Wildman–Crippen MR) is 274 cm³/mol. The molecule has 6 atom stereocenters. The van der Waals surface area contributed by atoms with E-state index >= 15 is 0 Å². The first-order chi connectivity index (χ1) is 32.4. The van der Waals surface area contributed by atoms with Gasteiger partial charge in [0.25, 0.3) is 0 Å². The fraction of sp³-hybridized carbons (Fsp3) is 0.772. The fourth-order valence-corrected chi connectivity index (χ4v) is 7.93. The van der Waals surface area contributed by atoms with Gasteiger partial charge in [0.05, 0.1) is 19.8 Å². The Hall–Kier alpha value is -2.37. The van der Waals surface area contributed by atoms with Crippen LogP contribution in [-0.4, -0.2) is 89.6 Å². The van der Waals surface area contributed by atoms with E-state index in [1.807, 2.05) is 0 Å². The molecule has 0 aromatic rings. The molecule has 1 aliphatic rings. The summed E-state index contributed by atoms with van der Waals surface area (Å²) in [6, 6.07) is 0. The van der Waals surface area contributed by atoms with E-state index in [4.69, 9.17) is 18.9 Å². The Balaban J connectivity index is 2.20. The van der Waals surface area contributed by atoms with E-state index in [1.165, 1.54) is 128 Å². The highest BCUT2D eigenvalue weighted by atomic mass is 16.7. The first-order valence-corrected chi connectivity index (χ1v) is 27.0. The maximum atomic E-state index is 12.9. The molecule has 0 spiro atoms. The predicted octanol–water partition coefficient (Wildman–Crippen LogP) is 13.6. The normalized spacial score (nSPS) is 19.9. The van der Waals surface area contributed by atoms with Crippen LogP contribution in [0.2, 0.25) is 0 Å². The largest absolute Gasteiger partial charge is 0.457 e. The van der Waals surface area contributed by atoms with Crippen molar-refractivity contribution in [2.75, 3.05) is 26.4 Å². The van der Waals surface area contributed by atoms with Gasteiger partial charge in [-0.1, -0.05) is 202 Å². The Kier molecular flexibility index (Phi) is 44.5. The molecule has 1 saturated heterocycles. The number of allylic oxidation sites excluding steroid dienone is 12. The lowest BCUT2D eigenvalue weighted by molar-refractivity contribution is -0.305. The number of esters is 1. The Morgan fingerprint density at radius 2 is 0.924 bits per heavy atom. The Bertz CT molecular complexity index is 1240. The van der Waals surface area contributed by atoms with Crippen molar-refractivity contribution in [1.29, 1.82) is 0 Å². The van der Waals surface area contributed by atoms with Gasteiger partial charge in [-0.05, 0) is 83.5 Å². The lowest BCUT2D eigenvalue weighted by Gasteiger charge is -2.39. The zero-order valence-electron chi connectivity index (χ0n) is 42.2. The minimum atomic E-state index is -1.54. The van der Waals surface area contributed by atoms with Crippen molar-refractivity contribution >= 4 is 5.97 Å². The number of aliphatic hydroxyl groups is 4. The van der Waals surface area contributed by atoms with Crippen LogP contribution in [0.15, 0.2) is 72.9 Å². The molecule has 9 heteroatoms. The number of aliphatic hydroxyl groups excluding tert-OH is 4. The summed E-state index contributed by atoms with van der Waals surface area (Å²) < 4.78 is 22.9. The molecule has 66 heavy (non-hydrogen) atoms.